The van der Waals surface area contributed by atoms with Crippen molar-refractivity contribution in [1.29, 1.82) is 0 Å². The number of aryl methyl sites for hydroxylation is 1. The van der Waals surface area contributed by atoms with Crippen LogP contribution in [0, 0.1) is 0 Å². The van der Waals surface area contributed by atoms with Crippen LogP contribution < -0.4 is 5.32 Å². The molecule has 1 saturated heterocycles. The van der Waals surface area contributed by atoms with Crippen LogP contribution in [-0.2, 0) is 24.4 Å². The molecule has 0 spiro atoms. The van der Waals surface area contributed by atoms with Crippen LogP contribution in [0.25, 0.3) is 0 Å². The van der Waals surface area contributed by atoms with Gasteiger partial charge in [0.25, 0.3) is 0 Å². The Balaban J connectivity index is 1.39. The summed E-state index contributed by atoms with van der Waals surface area (Å²) in [5.74, 6) is 0. The van der Waals surface area contributed by atoms with Gasteiger partial charge in [0.05, 0.1) is 31.3 Å². The average Bonchev–Trinajstić information content (AvgIpc) is 3.13. The van der Waals surface area contributed by atoms with E-state index < -0.39 is 0 Å². The van der Waals surface area contributed by atoms with Crippen molar-refractivity contribution >= 4 is 6.03 Å². The second-order valence-corrected chi connectivity index (χ2v) is 6.31. The number of benzene rings is 1. The van der Waals surface area contributed by atoms with E-state index in [0.29, 0.717) is 13.2 Å². The lowest BCUT2D eigenvalue weighted by Gasteiger charge is -2.32. The molecule has 0 atom stereocenters. The number of carbonyl (C=O) groups is 1. The van der Waals surface area contributed by atoms with E-state index in [9.17, 15) is 4.79 Å². The maximum atomic E-state index is 12.3. The van der Waals surface area contributed by atoms with Gasteiger partial charge in [-0.05, 0) is 25.3 Å². The number of imidazole rings is 1. The van der Waals surface area contributed by atoms with E-state index in [0.717, 1.165) is 38.2 Å². The lowest BCUT2D eigenvalue weighted by atomic mass is 10.1. The van der Waals surface area contributed by atoms with Crippen LogP contribution in [0.15, 0.2) is 42.9 Å². The molecular formula is C19H26N4O2. The molecule has 6 nitrogen and oxygen atoms in total. The number of likely N-dealkylation sites (tertiary alicyclic amines) is 1. The summed E-state index contributed by atoms with van der Waals surface area (Å²) in [6, 6.07) is 10.2. The van der Waals surface area contributed by atoms with Crippen LogP contribution in [0.5, 0.6) is 0 Å². The minimum atomic E-state index is -0.00892. The molecule has 0 aliphatic carbocycles. The Morgan fingerprint density at radius 3 is 2.76 bits per heavy atom. The average molecular weight is 342 g/mol. The predicted molar refractivity (Wildman–Crippen MR) is 96.0 cm³/mol. The molecule has 1 aromatic carbocycles. The zero-order valence-corrected chi connectivity index (χ0v) is 14.7. The highest BCUT2D eigenvalue weighted by molar-refractivity contribution is 5.74. The Kier molecular flexibility index (Phi) is 6.06. The molecule has 0 saturated carbocycles. The summed E-state index contributed by atoms with van der Waals surface area (Å²) >= 11 is 0. The van der Waals surface area contributed by atoms with Gasteiger partial charge in [-0.25, -0.2) is 9.78 Å². The van der Waals surface area contributed by atoms with Crippen LogP contribution in [0.1, 0.15) is 31.0 Å². The summed E-state index contributed by atoms with van der Waals surface area (Å²) < 4.78 is 8.01. The zero-order valence-electron chi connectivity index (χ0n) is 14.7. The van der Waals surface area contributed by atoms with E-state index >= 15 is 0 Å². The summed E-state index contributed by atoms with van der Waals surface area (Å²) in [7, 11) is 0. The van der Waals surface area contributed by atoms with Crippen molar-refractivity contribution in [2.24, 2.45) is 0 Å². The fourth-order valence-electron chi connectivity index (χ4n) is 3.07. The summed E-state index contributed by atoms with van der Waals surface area (Å²) in [5, 5.41) is 2.99. The molecule has 2 amide bonds. The Bertz CT molecular complexity index is 663. The first-order chi connectivity index (χ1) is 12.3. The van der Waals surface area contributed by atoms with E-state index in [1.165, 1.54) is 5.56 Å². The highest BCUT2D eigenvalue weighted by Gasteiger charge is 2.23. The van der Waals surface area contributed by atoms with Crippen LogP contribution in [-0.4, -0.2) is 39.7 Å². The molecule has 134 valence electrons. The van der Waals surface area contributed by atoms with E-state index in [-0.39, 0.29) is 12.1 Å². The predicted octanol–water partition coefficient (Wildman–Crippen LogP) is 2.79. The van der Waals surface area contributed by atoms with Crippen molar-refractivity contribution < 1.29 is 9.53 Å². The van der Waals surface area contributed by atoms with Gasteiger partial charge in [0.1, 0.15) is 0 Å². The topological polar surface area (TPSA) is 59.4 Å². The van der Waals surface area contributed by atoms with Crippen LogP contribution in [0.4, 0.5) is 4.79 Å². The molecule has 1 aliphatic rings. The van der Waals surface area contributed by atoms with Gasteiger partial charge in [-0.2, -0.15) is 0 Å². The maximum absolute atomic E-state index is 12.3. The molecule has 3 rings (SSSR count). The smallest absolute Gasteiger partial charge is 0.317 e. The van der Waals surface area contributed by atoms with Crippen LogP contribution in [0.3, 0.4) is 0 Å². The molecule has 1 fully saturated rings. The van der Waals surface area contributed by atoms with Crippen molar-refractivity contribution in [1.82, 2.24) is 19.8 Å². The van der Waals surface area contributed by atoms with Gasteiger partial charge in [0.2, 0.25) is 0 Å². The van der Waals surface area contributed by atoms with Crippen molar-refractivity contribution in [2.75, 3.05) is 13.1 Å². The van der Waals surface area contributed by atoms with Gasteiger partial charge in [0, 0.05) is 25.8 Å². The van der Waals surface area contributed by atoms with Crippen LogP contribution >= 0.6 is 0 Å². The van der Waals surface area contributed by atoms with Crippen molar-refractivity contribution in [3.8, 4) is 0 Å². The molecule has 0 bridgehead atoms. The fourth-order valence-corrected chi connectivity index (χ4v) is 3.07. The van der Waals surface area contributed by atoms with Crippen molar-refractivity contribution in [3.63, 3.8) is 0 Å². The third-order valence-electron chi connectivity index (χ3n) is 4.62. The number of nitrogens with zero attached hydrogens (tertiary/aromatic N) is 3. The number of urea groups is 1. The third-order valence-corrected chi connectivity index (χ3v) is 4.62. The van der Waals surface area contributed by atoms with E-state index in [2.05, 4.69) is 29.4 Å². The number of rotatable bonds is 6. The number of aromatic nitrogens is 2. The van der Waals surface area contributed by atoms with Crippen molar-refractivity contribution in [2.45, 2.75) is 45.6 Å². The molecular weight excluding hydrogens is 316 g/mol. The second-order valence-electron chi connectivity index (χ2n) is 6.31. The summed E-state index contributed by atoms with van der Waals surface area (Å²) in [4.78, 5) is 18.3. The number of amides is 2. The summed E-state index contributed by atoms with van der Waals surface area (Å²) in [5.41, 5.74) is 2.21. The van der Waals surface area contributed by atoms with Gasteiger partial charge < -0.3 is 19.5 Å². The number of hydrogen-bond donors (Lipinski definition) is 1. The molecule has 6 heteroatoms. The molecule has 0 unspecified atom stereocenters. The number of piperidine rings is 1. The Morgan fingerprint density at radius 2 is 2.04 bits per heavy atom. The standard InChI is InChI=1S/C19H26N4O2/c1-2-22-15-20-12-17(22)13-21-19(24)23-10-8-18(9-11-23)25-14-16-6-4-3-5-7-16/h3-7,12,15,18H,2,8-11,13-14H2,1H3,(H,21,24). The number of nitrogens with one attached hydrogen (secondary N) is 1. The zero-order chi connectivity index (χ0) is 17.5. The number of ether oxygens (including phenoxy) is 1. The molecule has 0 radical (unpaired) electrons. The monoisotopic (exact) mass is 342 g/mol. The van der Waals surface area contributed by atoms with E-state index in [1.807, 2.05) is 27.7 Å². The van der Waals surface area contributed by atoms with Gasteiger partial charge in [-0.3, -0.25) is 0 Å². The number of carbonyl (C=O) groups excluding carboxylic acids is 1. The third kappa shape index (κ3) is 4.82. The Labute approximate surface area is 148 Å². The first-order valence-electron chi connectivity index (χ1n) is 8.93. The van der Waals surface area contributed by atoms with Gasteiger partial charge in [0.15, 0.2) is 0 Å². The molecule has 1 N–H and O–H groups in total. The molecule has 1 aliphatic heterocycles. The molecule has 2 heterocycles. The Morgan fingerprint density at radius 1 is 1.28 bits per heavy atom. The van der Waals surface area contributed by atoms with E-state index in [4.69, 9.17) is 4.74 Å². The first kappa shape index (κ1) is 17.5. The lowest BCUT2D eigenvalue weighted by Crippen LogP contribution is -2.45. The molecule has 25 heavy (non-hydrogen) atoms. The van der Waals surface area contributed by atoms with Gasteiger partial charge in [-0.15, -0.1) is 0 Å². The highest BCUT2D eigenvalue weighted by atomic mass is 16.5. The maximum Gasteiger partial charge on any atom is 0.317 e. The number of hydrogen-bond acceptors (Lipinski definition) is 3. The fraction of sp³-hybridized carbons (Fsp3) is 0.474. The van der Waals surface area contributed by atoms with Crippen molar-refractivity contribution in [3.05, 3.63) is 54.1 Å². The molecule has 2 aromatic rings. The van der Waals surface area contributed by atoms with Crippen LogP contribution in [0.2, 0.25) is 0 Å². The largest absolute Gasteiger partial charge is 0.373 e. The second kappa shape index (κ2) is 8.67. The normalized spacial score (nSPS) is 15.3. The quantitative estimate of drug-likeness (QED) is 0.878. The van der Waals surface area contributed by atoms with Gasteiger partial charge in [-0.1, -0.05) is 30.3 Å². The van der Waals surface area contributed by atoms with Gasteiger partial charge >= 0.3 is 6.03 Å². The minimum absolute atomic E-state index is 0.00892. The summed E-state index contributed by atoms with van der Waals surface area (Å²) in [6.45, 7) is 5.54. The SMILES string of the molecule is CCn1cncc1CNC(=O)N1CCC(OCc2ccccc2)CC1. The highest BCUT2D eigenvalue weighted by Crippen LogP contribution is 2.16. The molecule has 1 aromatic heterocycles. The Hall–Kier alpha value is -2.34. The lowest BCUT2D eigenvalue weighted by molar-refractivity contribution is 0.00443. The minimum Gasteiger partial charge on any atom is -0.373 e. The van der Waals surface area contributed by atoms with E-state index in [1.54, 1.807) is 12.5 Å². The first-order valence-corrected chi connectivity index (χ1v) is 8.93. The summed E-state index contributed by atoms with van der Waals surface area (Å²) in [6.07, 6.45) is 5.58.